The molecule has 0 aromatic carbocycles. The van der Waals surface area contributed by atoms with E-state index in [9.17, 15) is 9.90 Å². The van der Waals surface area contributed by atoms with Crippen molar-refractivity contribution in [3.63, 3.8) is 0 Å². The van der Waals surface area contributed by atoms with E-state index in [2.05, 4.69) is 5.32 Å². The summed E-state index contributed by atoms with van der Waals surface area (Å²) in [6, 6.07) is 0. The number of hydrogen-bond acceptors (Lipinski definition) is 3. The maximum atomic E-state index is 12.0. The molecule has 15 heavy (non-hydrogen) atoms. The average Bonchev–Trinajstić information content (AvgIpc) is 2.15. The molecule has 2 rings (SSSR count). The first-order valence-corrected chi connectivity index (χ1v) is 5.55. The van der Waals surface area contributed by atoms with E-state index in [0.29, 0.717) is 25.9 Å². The number of rotatable bonds is 1. The van der Waals surface area contributed by atoms with Crippen LogP contribution in [0.25, 0.3) is 0 Å². The minimum Gasteiger partial charge on any atom is -0.393 e. The van der Waals surface area contributed by atoms with Crippen LogP contribution in [-0.2, 0) is 4.79 Å². The summed E-state index contributed by atoms with van der Waals surface area (Å²) in [4.78, 5) is 13.9. The summed E-state index contributed by atoms with van der Waals surface area (Å²) in [5, 5.41) is 12.5. The van der Waals surface area contributed by atoms with Crippen molar-refractivity contribution >= 4 is 5.91 Å². The molecule has 0 aromatic heterocycles. The van der Waals surface area contributed by atoms with Crippen LogP contribution in [0.3, 0.4) is 0 Å². The van der Waals surface area contributed by atoms with E-state index >= 15 is 0 Å². The monoisotopic (exact) mass is 210 g/mol. The molecule has 2 aliphatic rings. The van der Waals surface area contributed by atoms with E-state index < -0.39 is 0 Å². The number of likely N-dealkylation sites (tertiary alicyclic amines) is 1. The molecule has 0 aromatic rings. The Morgan fingerprint density at radius 1 is 1.40 bits per heavy atom. The van der Waals surface area contributed by atoms with Gasteiger partial charge in [0.2, 0.25) is 5.91 Å². The lowest BCUT2D eigenvalue weighted by Gasteiger charge is -2.31. The van der Waals surface area contributed by atoms with Crippen molar-refractivity contribution in [1.29, 1.82) is 0 Å². The fourth-order valence-corrected chi connectivity index (χ4v) is 1.97. The van der Waals surface area contributed by atoms with Gasteiger partial charge in [0.15, 0.2) is 0 Å². The summed E-state index contributed by atoms with van der Waals surface area (Å²) in [7, 11) is 0. The Hall–Kier alpha value is -0.870. The number of nitrogens with one attached hydrogen (secondary N) is 1. The molecule has 2 heterocycles. The zero-order chi connectivity index (χ0) is 10.8. The highest BCUT2D eigenvalue weighted by atomic mass is 16.3. The molecular weight excluding hydrogens is 192 g/mol. The van der Waals surface area contributed by atoms with Gasteiger partial charge in [-0.1, -0.05) is 0 Å². The third-order valence-corrected chi connectivity index (χ3v) is 3.28. The predicted octanol–water partition coefficient (Wildman–Crippen LogP) is -0.111. The maximum absolute atomic E-state index is 12.0. The second kappa shape index (κ2) is 4.33. The molecule has 4 nitrogen and oxygen atoms in total. The highest BCUT2D eigenvalue weighted by Crippen LogP contribution is 2.16. The van der Waals surface area contributed by atoms with Gasteiger partial charge in [-0.05, 0) is 25.3 Å². The Bertz CT molecular complexity index is 285. The number of carbonyl (C=O) groups excluding carboxylic acids is 1. The number of nitrogens with zero attached hydrogens (tertiary/aromatic N) is 1. The molecule has 0 spiro atoms. The molecule has 0 aliphatic carbocycles. The van der Waals surface area contributed by atoms with Crippen LogP contribution in [0.5, 0.6) is 0 Å². The second-order valence-electron chi connectivity index (χ2n) is 4.36. The third-order valence-electron chi connectivity index (χ3n) is 3.28. The summed E-state index contributed by atoms with van der Waals surface area (Å²) >= 11 is 0. The third kappa shape index (κ3) is 2.21. The first-order chi connectivity index (χ1) is 7.18. The van der Waals surface area contributed by atoms with Gasteiger partial charge in [0.25, 0.3) is 0 Å². The molecule has 0 unspecified atom stereocenters. The minimum atomic E-state index is -0.215. The number of piperidine rings is 1. The van der Waals surface area contributed by atoms with Crippen LogP contribution in [0.15, 0.2) is 11.1 Å². The summed E-state index contributed by atoms with van der Waals surface area (Å²) in [6.45, 7) is 5.00. The van der Waals surface area contributed by atoms with Crippen LogP contribution in [0.2, 0.25) is 0 Å². The van der Waals surface area contributed by atoms with Crippen LogP contribution >= 0.6 is 0 Å². The molecule has 0 atom stereocenters. The number of carbonyl (C=O) groups is 1. The van der Waals surface area contributed by atoms with Crippen molar-refractivity contribution in [1.82, 2.24) is 10.2 Å². The van der Waals surface area contributed by atoms with Gasteiger partial charge in [0, 0.05) is 31.8 Å². The standard InChI is InChI=1S/C11H18N2O2/c1-8(9-6-12-7-9)11(15)13-4-2-10(14)3-5-13/h10,12,14H,2-7H2,1H3. The van der Waals surface area contributed by atoms with Gasteiger partial charge in [-0.3, -0.25) is 4.79 Å². The number of aliphatic hydroxyl groups excluding tert-OH is 1. The fourth-order valence-electron chi connectivity index (χ4n) is 1.97. The van der Waals surface area contributed by atoms with E-state index in [4.69, 9.17) is 0 Å². The summed E-state index contributed by atoms with van der Waals surface area (Å²) in [6.07, 6.45) is 1.21. The van der Waals surface area contributed by atoms with Crippen molar-refractivity contribution in [3.8, 4) is 0 Å². The second-order valence-corrected chi connectivity index (χ2v) is 4.36. The molecule has 1 amide bonds. The quantitative estimate of drug-likeness (QED) is 0.594. The van der Waals surface area contributed by atoms with Crippen LogP contribution < -0.4 is 5.32 Å². The van der Waals surface area contributed by atoms with Crippen molar-refractivity contribution < 1.29 is 9.90 Å². The van der Waals surface area contributed by atoms with Gasteiger partial charge in [-0.2, -0.15) is 0 Å². The maximum Gasteiger partial charge on any atom is 0.249 e. The lowest BCUT2D eigenvalue weighted by Crippen LogP contribution is -2.43. The Balaban J connectivity index is 1.96. The van der Waals surface area contributed by atoms with E-state index in [0.717, 1.165) is 18.7 Å². The Morgan fingerprint density at radius 3 is 2.47 bits per heavy atom. The lowest BCUT2D eigenvalue weighted by atomic mass is 10.0. The van der Waals surface area contributed by atoms with E-state index in [1.807, 2.05) is 11.8 Å². The predicted molar refractivity (Wildman–Crippen MR) is 57.4 cm³/mol. The molecule has 2 aliphatic heterocycles. The molecule has 2 saturated heterocycles. The minimum absolute atomic E-state index is 0.151. The number of aliphatic hydroxyl groups is 1. The van der Waals surface area contributed by atoms with Crippen LogP contribution in [0.4, 0.5) is 0 Å². The largest absolute Gasteiger partial charge is 0.393 e. The molecule has 4 heteroatoms. The summed E-state index contributed by atoms with van der Waals surface area (Å²) in [5.41, 5.74) is 2.12. The van der Waals surface area contributed by atoms with Crippen molar-refractivity contribution in [2.24, 2.45) is 0 Å². The van der Waals surface area contributed by atoms with Crippen LogP contribution in [-0.4, -0.2) is 48.2 Å². The first kappa shape index (κ1) is 10.6. The first-order valence-electron chi connectivity index (χ1n) is 5.55. The van der Waals surface area contributed by atoms with Crippen LogP contribution in [0, 0.1) is 0 Å². The van der Waals surface area contributed by atoms with Gasteiger partial charge in [-0.25, -0.2) is 0 Å². The van der Waals surface area contributed by atoms with E-state index in [1.165, 1.54) is 5.57 Å². The van der Waals surface area contributed by atoms with Gasteiger partial charge in [0.05, 0.1) is 6.10 Å². The smallest absolute Gasteiger partial charge is 0.249 e. The summed E-state index contributed by atoms with van der Waals surface area (Å²) < 4.78 is 0. The van der Waals surface area contributed by atoms with Gasteiger partial charge < -0.3 is 15.3 Å². The van der Waals surface area contributed by atoms with Gasteiger partial charge >= 0.3 is 0 Å². The average molecular weight is 210 g/mol. The Kier molecular flexibility index (Phi) is 3.07. The molecule has 0 bridgehead atoms. The Labute approximate surface area is 90.0 Å². The van der Waals surface area contributed by atoms with Crippen LogP contribution in [0.1, 0.15) is 19.8 Å². The van der Waals surface area contributed by atoms with Crippen molar-refractivity contribution in [2.75, 3.05) is 26.2 Å². The highest BCUT2D eigenvalue weighted by Gasteiger charge is 2.24. The topological polar surface area (TPSA) is 52.6 Å². The van der Waals surface area contributed by atoms with E-state index in [-0.39, 0.29) is 12.0 Å². The fraction of sp³-hybridized carbons (Fsp3) is 0.727. The van der Waals surface area contributed by atoms with E-state index in [1.54, 1.807) is 0 Å². The molecular formula is C11H18N2O2. The molecule has 2 N–H and O–H groups in total. The van der Waals surface area contributed by atoms with Gasteiger partial charge in [0.1, 0.15) is 0 Å². The number of amides is 1. The highest BCUT2D eigenvalue weighted by molar-refractivity contribution is 5.94. The zero-order valence-corrected chi connectivity index (χ0v) is 9.12. The molecule has 2 fully saturated rings. The zero-order valence-electron chi connectivity index (χ0n) is 9.12. The molecule has 0 saturated carbocycles. The molecule has 84 valence electrons. The lowest BCUT2D eigenvalue weighted by molar-refractivity contribution is -0.129. The van der Waals surface area contributed by atoms with Gasteiger partial charge in [-0.15, -0.1) is 0 Å². The normalized spacial score (nSPS) is 22.5. The SMILES string of the molecule is CC(C(=O)N1CCC(O)CC1)=C1CNC1. The summed E-state index contributed by atoms with van der Waals surface area (Å²) in [5.74, 6) is 0.151. The number of hydrogen-bond donors (Lipinski definition) is 2. The molecule has 0 radical (unpaired) electrons. The van der Waals surface area contributed by atoms with Crippen molar-refractivity contribution in [2.45, 2.75) is 25.9 Å². The van der Waals surface area contributed by atoms with Crippen molar-refractivity contribution in [3.05, 3.63) is 11.1 Å². The Morgan fingerprint density at radius 2 is 2.00 bits per heavy atom.